The molecule has 36 heavy (non-hydrogen) atoms. The number of rotatable bonds is 5. The first-order chi connectivity index (χ1) is 16.7. The molecule has 2 aliphatic rings. The van der Waals surface area contributed by atoms with E-state index in [2.05, 4.69) is 21.2 Å². The van der Waals surface area contributed by atoms with Crippen LogP contribution in [-0.4, -0.2) is 52.2 Å². The first-order valence-electron chi connectivity index (χ1n) is 10.5. The number of fused-ring (bicyclic) bond motifs is 2. The third-order valence-corrected chi connectivity index (χ3v) is 6.85. The van der Waals surface area contributed by atoms with Gasteiger partial charge in [0.2, 0.25) is 5.91 Å². The lowest BCUT2D eigenvalue weighted by molar-refractivity contribution is -0.187. The Morgan fingerprint density at radius 3 is 2.42 bits per heavy atom. The van der Waals surface area contributed by atoms with E-state index in [1.165, 1.54) is 18.2 Å². The summed E-state index contributed by atoms with van der Waals surface area (Å²) in [6.07, 6.45) is -5.37. The second kappa shape index (κ2) is 8.95. The van der Waals surface area contributed by atoms with Crippen LogP contribution in [0.2, 0.25) is 0 Å². The summed E-state index contributed by atoms with van der Waals surface area (Å²) in [6, 6.07) is 3.12. The van der Waals surface area contributed by atoms with E-state index in [1.807, 2.05) is 0 Å². The number of Topliss-reactive ketones (excluding diaryl/α,β-unsaturated/α-hetero) is 1. The Labute approximate surface area is 209 Å². The molecular weight excluding hydrogens is 557 g/mol. The summed E-state index contributed by atoms with van der Waals surface area (Å²) >= 11 is 2.95. The number of nitrogens with one attached hydrogen (secondary N) is 1. The molecule has 2 aromatic rings. The first-order valence-corrected chi connectivity index (χ1v) is 11.3. The third kappa shape index (κ3) is 4.36. The van der Waals surface area contributed by atoms with Crippen LogP contribution in [0.5, 0.6) is 0 Å². The highest BCUT2D eigenvalue weighted by Gasteiger charge is 2.59. The number of hydrogen-bond donors (Lipinski definition) is 1. The summed E-state index contributed by atoms with van der Waals surface area (Å²) in [7, 11) is 0. The van der Waals surface area contributed by atoms with Gasteiger partial charge in [-0.15, -0.1) is 0 Å². The highest BCUT2D eigenvalue weighted by Crippen LogP contribution is 2.43. The number of ketones is 1. The Kier molecular flexibility index (Phi) is 6.40. The van der Waals surface area contributed by atoms with Crippen LogP contribution in [0.3, 0.4) is 0 Å². The number of nitrogens with zero attached hydrogens (tertiary/aromatic N) is 2. The highest BCUT2D eigenvalue weighted by atomic mass is 79.9. The van der Waals surface area contributed by atoms with Crippen molar-refractivity contribution in [3.63, 3.8) is 0 Å². The predicted molar refractivity (Wildman–Crippen MR) is 117 cm³/mol. The summed E-state index contributed by atoms with van der Waals surface area (Å²) in [5, 5.41) is 2.32. The molecular formula is C23H17BrF5N3O4. The molecule has 0 aromatic heterocycles. The van der Waals surface area contributed by atoms with E-state index in [0.29, 0.717) is 9.80 Å². The Bertz CT molecular complexity index is 1280. The predicted octanol–water partition coefficient (Wildman–Crippen LogP) is 4.04. The average molecular weight is 574 g/mol. The molecule has 1 fully saturated rings. The largest absolute Gasteiger partial charge is 0.408 e. The Hall–Kier alpha value is -3.35. The minimum Gasteiger partial charge on any atom is -0.325 e. The fourth-order valence-electron chi connectivity index (χ4n) is 4.26. The number of urea groups is 1. The number of alkyl halides is 3. The molecule has 1 spiro atoms. The summed E-state index contributed by atoms with van der Waals surface area (Å²) < 4.78 is 68.0. The van der Waals surface area contributed by atoms with E-state index in [0.717, 1.165) is 25.1 Å². The molecule has 0 radical (unpaired) electrons. The van der Waals surface area contributed by atoms with E-state index in [4.69, 9.17) is 0 Å². The second-order valence-electron chi connectivity index (χ2n) is 8.50. The SMILES string of the molecule is C[C@H](N(Cc1ccc(F)cc1)C(=O)CN1C(=O)NC2(CC(=O)c3cc(Br)c(F)cc32)C1=O)C(F)(F)F. The zero-order valence-corrected chi connectivity index (χ0v) is 20.0. The van der Waals surface area contributed by atoms with E-state index in [9.17, 15) is 41.1 Å². The number of benzene rings is 2. The van der Waals surface area contributed by atoms with Gasteiger partial charge in [-0.2, -0.15) is 13.2 Å². The van der Waals surface area contributed by atoms with Gasteiger partial charge in [0.15, 0.2) is 11.3 Å². The van der Waals surface area contributed by atoms with Gasteiger partial charge >= 0.3 is 12.2 Å². The van der Waals surface area contributed by atoms with Crippen molar-refractivity contribution in [2.45, 2.75) is 37.6 Å². The number of imide groups is 1. The van der Waals surface area contributed by atoms with Crippen LogP contribution in [0.4, 0.5) is 26.7 Å². The minimum absolute atomic E-state index is 0.00580. The topological polar surface area (TPSA) is 86.8 Å². The fourth-order valence-corrected chi connectivity index (χ4v) is 4.61. The first kappa shape index (κ1) is 25.7. The Balaban J connectivity index is 1.63. The van der Waals surface area contributed by atoms with Crippen molar-refractivity contribution in [2.75, 3.05) is 6.54 Å². The van der Waals surface area contributed by atoms with Crippen LogP contribution in [0, 0.1) is 11.6 Å². The molecule has 1 aliphatic heterocycles. The van der Waals surface area contributed by atoms with Crippen LogP contribution in [0.1, 0.15) is 34.8 Å². The maximum Gasteiger partial charge on any atom is 0.408 e. The fraction of sp³-hybridized carbons (Fsp3) is 0.304. The molecule has 1 unspecified atom stereocenters. The van der Waals surface area contributed by atoms with Crippen molar-refractivity contribution in [2.24, 2.45) is 0 Å². The van der Waals surface area contributed by atoms with E-state index in [1.54, 1.807) is 0 Å². The van der Waals surface area contributed by atoms with Gasteiger partial charge in [0.05, 0.1) is 4.47 Å². The molecule has 0 saturated carbocycles. The molecule has 1 heterocycles. The number of amides is 4. The molecule has 7 nitrogen and oxygen atoms in total. The molecule has 13 heteroatoms. The van der Waals surface area contributed by atoms with Crippen LogP contribution in [0.15, 0.2) is 40.9 Å². The van der Waals surface area contributed by atoms with E-state index >= 15 is 0 Å². The molecule has 4 rings (SSSR count). The van der Waals surface area contributed by atoms with Gasteiger partial charge in [0.25, 0.3) is 5.91 Å². The number of halogens is 6. The van der Waals surface area contributed by atoms with Crippen LogP contribution < -0.4 is 5.32 Å². The third-order valence-electron chi connectivity index (χ3n) is 6.24. The summed E-state index contributed by atoms with van der Waals surface area (Å²) in [5.41, 5.74) is -1.89. The molecule has 190 valence electrons. The maximum absolute atomic E-state index is 14.2. The van der Waals surface area contributed by atoms with Crippen LogP contribution in [0.25, 0.3) is 0 Å². The number of hydrogen-bond acceptors (Lipinski definition) is 4. The van der Waals surface area contributed by atoms with Gasteiger partial charge in [-0.1, -0.05) is 12.1 Å². The smallest absolute Gasteiger partial charge is 0.325 e. The average Bonchev–Trinajstić information content (AvgIpc) is 3.19. The molecule has 1 aliphatic carbocycles. The Morgan fingerprint density at radius 2 is 1.81 bits per heavy atom. The molecule has 2 atom stereocenters. The van der Waals surface area contributed by atoms with Gasteiger partial charge in [-0.05, 0) is 52.7 Å². The zero-order valence-electron chi connectivity index (χ0n) is 18.5. The lowest BCUT2D eigenvalue weighted by atomic mass is 9.91. The molecule has 0 bridgehead atoms. The van der Waals surface area contributed by atoms with Crippen LogP contribution >= 0.6 is 15.9 Å². The lowest BCUT2D eigenvalue weighted by Gasteiger charge is -2.32. The summed E-state index contributed by atoms with van der Waals surface area (Å²) in [4.78, 5) is 52.3. The Morgan fingerprint density at radius 1 is 1.17 bits per heavy atom. The van der Waals surface area contributed by atoms with Crippen molar-refractivity contribution in [3.8, 4) is 0 Å². The maximum atomic E-state index is 14.2. The monoisotopic (exact) mass is 573 g/mol. The minimum atomic E-state index is -4.84. The zero-order chi connectivity index (χ0) is 26.6. The second-order valence-corrected chi connectivity index (χ2v) is 9.36. The van der Waals surface area contributed by atoms with Gasteiger partial charge in [0, 0.05) is 24.1 Å². The number of carbonyl (C=O) groups excluding carboxylic acids is 4. The molecule has 1 saturated heterocycles. The van der Waals surface area contributed by atoms with Gasteiger partial charge in [-0.25, -0.2) is 13.6 Å². The van der Waals surface area contributed by atoms with Crippen molar-refractivity contribution < 1.29 is 41.1 Å². The van der Waals surface area contributed by atoms with E-state index < -0.39 is 72.5 Å². The van der Waals surface area contributed by atoms with Crippen molar-refractivity contribution >= 4 is 39.6 Å². The quantitative estimate of drug-likeness (QED) is 0.432. The molecule has 1 N–H and O–H groups in total. The number of carbonyl (C=O) groups is 4. The normalized spacial score (nSPS) is 20.1. The highest BCUT2D eigenvalue weighted by molar-refractivity contribution is 9.10. The van der Waals surface area contributed by atoms with Crippen LogP contribution in [-0.2, 0) is 21.7 Å². The van der Waals surface area contributed by atoms with Crippen molar-refractivity contribution in [1.82, 2.24) is 15.1 Å². The van der Waals surface area contributed by atoms with Gasteiger partial charge in [-0.3, -0.25) is 19.3 Å². The summed E-state index contributed by atoms with van der Waals surface area (Å²) in [6.45, 7) is -0.896. The van der Waals surface area contributed by atoms with Gasteiger partial charge in [0.1, 0.15) is 24.2 Å². The molecule has 2 aromatic carbocycles. The standard InChI is InChI=1S/C23H17BrF5N3O4/c1-11(23(27,28)29)31(9-12-2-4-13(25)5-3-12)19(34)10-32-20(35)22(30-21(32)36)8-18(33)14-6-16(24)17(26)7-15(14)22/h2-7,11H,8-10H2,1H3,(H,30,36)/t11-,22?/m0/s1. The molecule has 4 amide bonds. The van der Waals surface area contributed by atoms with Crippen molar-refractivity contribution in [3.05, 3.63) is 69.2 Å². The lowest BCUT2D eigenvalue weighted by Crippen LogP contribution is -2.51. The summed E-state index contributed by atoms with van der Waals surface area (Å²) in [5.74, 6) is -4.26. The van der Waals surface area contributed by atoms with Gasteiger partial charge < -0.3 is 10.2 Å². The van der Waals surface area contributed by atoms with Crippen molar-refractivity contribution in [1.29, 1.82) is 0 Å². The van der Waals surface area contributed by atoms with E-state index in [-0.39, 0.29) is 21.2 Å².